The van der Waals surface area contributed by atoms with Crippen LogP contribution < -0.4 is 26.0 Å². The quantitative estimate of drug-likeness (QED) is 0.159. The number of alkyl halides is 3. The number of ether oxygens (including phenoxy) is 1. The number of benzene rings is 2. The Kier molecular flexibility index (Phi) is 13.0. The molecular weight excluding hydrogens is 727 g/mol. The number of aromatic nitrogens is 3. The zero-order valence-corrected chi connectivity index (χ0v) is 30.9. The van der Waals surface area contributed by atoms with Crippen LogP contribution in [0.5, 0.6) is 5.75 Å². The Bertz CT molecular complexity index is 1920. The molecule has 54 heavy (non-hydrogen) atoms. The molecule has 5 N–H and O–H groups in total. The van der Waals surface area contributed by atoms with Crippen molar-refractivity contribution in [1.82, 2.24) is 30.1 Å². The molecule has 0 radical (unpaired) electrons. The van der Waals surface area contributed by atoms with Crippen LogP contribution >= 0.6 is 11.6 Å². The number of rotatable bonds is 8. The fourth-order valence-electron chi connectivity index (χ4n) is 6.23. The lowest BCUT2D eigenvalue weighted by molar-refractivity contribution is -0.274. The minimum Gasteiger partial charge on any atom is -0.405 e. The Labute approximate surface area is 316 Å². The van der Waals surface area contributed by atoms with Crippen molar-refractivity contribution >= 4 is 41.0 Å². The average Bonchev–Trinajstić information content (AvgIpc) is 3.86. The third-order valence-electron chi connectivity index (χ3n) is 8.82. The van der Waals surface area contributed by atoms with E-state index in [0.717, 1.165) is 18.9 Å². The average molecular weight is 770 g/mol. The highest BCUT2D eigenvalue weighted by Gasteiger charge is 2.34. The van der Waals surface area contributed by atoms with Gasteiger partial charge in [0.15, 0.2) is 0 Å². The topological polar surface area (TPSA) is 162 Å². The number of halogens is 4. The summed E-state index contributed by atoms with van der Waals surface area (Å²) < 4.78 is 45.1. The van der Waals surface area contributed by atoms with E-state index in [1.807, 2.05) is 4.90 Å². The number of hydrogen-bond donors (Lipinski definition) is 4. The van der Waals surface area contributed by atoms with Crippen LogP contribution in [0.2, 0.25) is 5.02 Å². The Morgan fingerprint density at radius 1 is 0.981 bits per heavy atom. The van der Waals surface area contributed by atoms with Gasteiger partial charge in [-0.1, -0.05) is 56.1 Å². The lowest BCUT2D eigenvalue weighted by Gasteiger charge is -2.35. The fraction of sp³-hybridized carbons (Fsp3) is 0.378. The van der Waals surface area contributed by atoms with Crippen molar-refractivity contribution in [3.05, 3.63) is 77.3 Å². The predicted octanol–water partition coefficient (Wildman–Crippen LogP) is 6.44. The van der Waals surface area contributed by atoms with Crippen LogP contribution in [0.3, 0.4) is 0 Å². The second kappa shape index (κ2) is 17.6. The molecule has 0 bridgehead atoms. The van der Waals surface area contributed by atoms with E-state index in [2.05, 4.69) is 44.2 Å². The first-order valence-corrected chi connectivity index (χ1v) is 18.0. The number of nitrogens with one attached hydrogen (secondary N) is 3. The molecule has 4 heterocycles. The molecule has 4 aromatic rings. The van der Waals surface area contributed by atoms with Crippen LogP contribution in [-0.2, 0) is 4.79 Å². The van der Waals surface area contributed by atoms with Gasteiger partial charge in [0.2, 0.25) is 5.91 Å². The summed E-state index contributed by atoms with van der Waals surface area (Å²) >= 11 is 6.51. The molecule has 1 unspecified atom stereocenters. The van der Waals surface area contributed by atoms with Crippen molar-refractivity contribution in [2.45, 2.75) is 45.5 Å². The van der Waals surface area contributed by atoms with E-state index in [9.17, 15) is 27.6 Å². The minimum atomic E-state index is -5.03. The molecule has 13 nitrogen and oxygen atoms in total. The number of aromatic amines is 1. The number of nitrogens with zero attached hydrogens (tertiary/aromatic N) is 5. The number of carbonyl (C=O) groups excluding carboxylic acids is 3. The summed E-state index contributed by atoms with van der Waals surface area (Å²) in [5.41, 5.74) is 7.44. The third-order valence-corrected chi connectivity index (χ3v) is 9.14. The van der Waals surface area contributed by atoms with Crippen molar-refractivity contribution in [1.29, 1.82) is 0 Å². The summed E-state index contributed by atoms with van der Waals surface area (Å²) in [6.07, 6.45) is 0.805. The first kappa shape index (κ1) is 39.8. The summed E-state index contributed by atoms with van der Waals surface area (Å²) in [5.74, 6) is -0.109. The van der Waals surface area contributed by atoms with Crippen molar-refractivity contribution in [2.24, 2.45) is 5.73 Å². The Morgan fingerprint density at radius 3 is 2.28 bits per heavy atom. The molecule has 2 saturated heterocycles. The predicted molar refractivity (Wildman–Crippen MR) is 200 cm³/mol. The molecule has 2 aliphatic rings. The zero-order chi connectivity index (χ0) is 39.0. The van der Waals surface area contributed by atoms with Gasteiger partial charge in [0.25, 0.3) is 5.91 Å². The van der Waals surface area contributed by atoms with E-state index in [-0.39, 0.29) is 46.4 Å². The highest BCUT2D eigenvalue weighted by Crippen LogP contribution is 2.41. The molecule has 2 aromatic heterocycles. The van der Waals surface area contributed by atoms with E-state index in [4.69, 9.17) is 17.3 Å². The van der Waals surface area contributed by atoms with Gasteiger partial charge >= 0.3 is 12.4 Å². The van der Waals surface area contributed by atoms with E-state index >= 15 is 0 Å². The Morgan fingerprint density at radius 2 is 1.67 bits per heavy atom. The molecule has 4 amide bonds. The molecule has 1 atom stereocenters. The van der Waals surface area contributed by atoms with Crippen LogP contribution in [0.25, 0.3) is 22.4 Å². The number of likely N-dealkylation sites (tertiary alicyclic amines) is 1. The van der Waals surface area contributed by atoms with Gasteiger partial charge in [0.05, 0.1) is 40.8 Å². The number of anilines is 2. The number of pyridine rings is 1. The Hall–Kier alpha value is -5.35. The molecular formula is C37H43ClF3N9O4. The number of carbonyl (C=O) groups is 3. The second-order valence-corrected chi connectivity index (χ2v) is 13.1. The van der Waals surface area contributed by atoms with Crippen LogP contribution in [-0.4, -0.2) is 95.3 Å². The molecule has 2 aliphatic heterocycles. The minimum absolute atomic E-state index is 0.0122. The number of imidazole rings is 1. The van der Waals surface area contributed by atoms with Gasteiger partial charge in [-0.15, -0.1) is 13.2 Å². The van der Waals surface area contributed by atoms with Crippen LogP contribution in [0, 0.1) is 0 Å². The van der Waals surface area contributed by atoms with Gasteiger partial charge in [0.1, 0.15) is 17.4 Å². The maximum absolute atomic E-state index is 13.6. The summed E-state index contributed by atoms with van der Waals surface area (Å²) in [5, 5.41) is 5.15. The second-order valence-electron chi connectivity index (χ2n) is 12.7. The van der Waals surface area contributed by atoms with Gasteiger partial charge in [-0.05, 0) is 42.2 Å². The fourth-order valence-corrected chi connectivity index (χ4v) is 6.44. The highest BCUT2D eigenvalue weighted by atomic mass is 35.5. The maximum atomic E-state index is 13.6. The van der Waals surface area contributed by atoms with Gasteiger partial charge in [-0.2, -0.15) is 0 Å². The Balaban J connectivity index is 0.00000181. The summed E-state index contributed by atoms with van der Waals surface area (Å²) in [7, 11) is 1.57. The van der Waals surface area contributed by atoms with E-state index < -0.39 is 18.0 Å². The molecule has 0 spiro atoms. The van der Waals surface area contributed by atoms with Crippen LogP contribution in [0.15, 0.2) is 60.9 Å². The summed E-state index contributed by atoms with van der Waals surface area (Å²) in [4.78, 5) is 54.7. The maximum Gasteiger partial charge on any atom is 0.573 e. The van der Waals surface area contributed by atoms with Crippen LogP contribution in [0.4, 0.5) is 29.5 Å². The van der Waals surface area contributed by atoms with Gasteiger partial charge in [0, 0.05) is 57.6 Å². The highest BCUT2D eigenvalue weighted by molar-refractivity contribution is 6.34. The largest absolute Gasteiger partial charge is 0.573 e. The molecule has 2 aromatic carbocycles. The van der Waals surface area contributed by atoms with Crippen LogP contribution in [0.1, 0.15) is 55.3 Å². The standard InChI is InChI=1S/C34H35ClF3N9O4.C3H8/c1-40-33(50)46-13-11-45(12-14-46)29-9-8-22(18-41-29)32(49)44-25-16-28(51-34(36,37)38)23(15-24(25)35)20-4-6-21(7-5-20)26-19-42-31(43-26)27-3-2-10-47(27)30(48)17-39;1-3-2/h4-9,15-16,18-19,27H,2-3,10-14,17,39H2,1H3,(H,40,50)(H,42,43)(H,44,49);3H2,1-2H3. The molecule has 6 rings (SSSR count). The monoisotopic (exact) mass is 769 g/mol. The number of hydrogen-bond acceptors (Lipinski definition) is 8. The van der Waals surface area contributed by atoms with Crippen molar-refractivity contribution in [3.63, 3.8) is 0 Å². The molecule has 288 valence electrons. The van der Waals surface area contributed by atoms with Crippen molar-refractivity contribution in [2.75, 3.05) is 56.5 Å². The van der Waals surface area contributed by atoms with Gasteiger partial charge < -0.3 is 40.8 Å². The zero-order valence-electron chi connectivity index (χ0n) is 30.2. The van der Waals surface area contributed by atoms with E-state index in [1.165, 1.54) is 18.7 Å². The molecule has 17 heteroatoms. The number of amides is 4. The lowest BCUT2D eigenvalue weighted by Crippen LogP contribution is -2.51. The summed E-state index contributed by atoms with van der Waals surface area (Å²) in [6, 6.07) is 11.8. The smallest absolute Gasteiger partial charge is 0.405 e. The molecule has 0 saturated carbocycles. The molecule has 0 aliphatic carbocycles. The number of piperazine rings is 1. The van der Waals surface area contributed by atoms with E-state index in [0.29, 0.717) is 61.2 Å². The van der Waals surface area contributed by atoms with Crippen molar-refractivity contribution < 1.29 is 32.3 Å². The number of H-pyrrole nitrogens is 1. The lowest BCUT2D eigenvalue weighted by atomic mass is 10.0. The van der Waals surface area contributed by atoms with Gasteiger partial charge in [-0.3, -0.25) is 9.59 Å². The van der Waals surface area contributed by atoms with Gasteiger partial charge in [-0.25, -0.2) is 14.8 Å². The SMILES string of the molecule is CCC.CNC(=O)N1CCN(c2ccc(C(=O)Nc3cc(OC(F)(F)F)c(-c4ccc(-c5cnc(C6CCCN6C(=O)CN)[nH]5)cc4)cc3Cl)cn2)CC1. The normalized spacial score (nSPS) is 15.7. The third kappa shape index (κ3) is 9.60. The molecule has 2 fully saturated rings. The number of urea groups is 1. The number of nitrogens with two attached hydrogens (primary N) is 1. The first-order valence-electron chi connectivity index (χ1n) is 17.6. The first-order chi connectivity index (χ1) is 25.8. The van der Waals surface area contributed by atoms with Crippen molar-refractivity contribution in [3.8, 4) is 28.1 Å². The summed E-state index contributed by atoms with van der Waals surface area (Å²) in [6.45, 7) is 6.90. The van der Waals surface area contributed by atoms with E-state index in [1.54, 1.807) is 59.4 Å².